The van der Waals surface area contributed by atoms with Gasteiger partial charge in [-0.1, -0.05) is 29.8 Å². The summed E-state index contributed by atoms with van der Waals surface area (Å²) in [6.07, 6.45) is 4.66. The monoisotopic (exact) mass is 327 g/mol. The van der Waals surface area contributed by atoms with E-state index in [4.69, 9.17) is 4.42 Å². The zero-order valence-electron chi connectivity index (χ0n) is 14.4. The molecule has 3 rings (SSSR count). The molecule has 0 unspecified atom stereocenters. The number of likely N-dealkylation sites (tertiary alicyclic amines) is 1. The van der Waals surface area contributed by atoms with E-state index in [0.717, 1.165) is 38.0 Å². The van der Waals surface area contributed by atoms with E-state index < -0.39 is 0 Å². The van der Waals surface area contributed by atoms with Crippen molar-refractivity contribution in [3.05, 3.63) is 41.9 Å². The van der Waals surface area contributed by atoms with Gasteiger partial charge in [-0.15, -0.1) is 0 Å². The highest BCUT2D eigenvalue weighted by Crippen LogP contribution is 2.27. The number of oxazole rings is 1. The van der Waals surface area contributed by atoms with Crippen LogP contribution in [-0.2, 0) is 0 Å². The van der Waals surface area contributed by atoms with Gasteiger partial charge >= 0.3 is 0 Å². The van der Waals surface area contributed by atoms with E-state index in [1.165, 1.54) is 18.4 Å². The third-order valence-corrected chi connectivity index (χ3v) is 4.79. The number of carbonyl (C=O) groups is 1. The molecule has 1 aliphatic rings. The Hall–Kier alpha value is -2.14. The summed E-state index contributed by atoms with van der Waals surface area (Å²) in [4.78, 5) is 18.9. The van der Waals surface area contributed by atoms with E-state index in [2.05, 4.69) is 10.3 Å². The second-order valence-corrected chi connectivity index (χ2v) is 6.52. The maximum Gasteiger partial charge on any atom is 0.276 e. The molecule has 1 saturated heterocycles. The molecule has 1 aliphatic heterocycles. The molecule has 2 heterocycles. The molecule has 1 aromatic heterocycles. The first kappa shape index (κ1) is 16.7. The van der Waals surface area contributed by atoms with Crippen LogP contribution in [0, 0.1) is 12.8 Å². The minimum atomic E-state index is -0.0219. The summed E-state index contributed by atoms with van der Waals surface area (Å²) in [6, 6.07) is 7.96. The molecule has 128 valence electrons. The summed E-state index contributed by atoms with van der Waals surface area (Å²) in [7, 11) is 1.98. The van der Waals surface area contributed by atoms with Gasteiger partial charge in [0.25, 0.3) is 5.91 Å². The van der Waals surface area contributed by atoms with Gasteiger partial charge in [0.2, 0.25) is 0 Å². The summed E-state index contributed by atoms with van der Waals surface area (Å²) < 4.78 is 5.51. The standard InChI is InChI=1S/C19H25N3O2/c1-14-3-5-16(6-4-14)18-17(21-13-24-18)19(23)22-11-8-15(9-12-22)7-10-20-2/h3-6,13,15,20H,7-12H2,1-2H3. The Morgan fingerprint density at radius 1 is 1.29 bits per heavy atom. The number of hydrogen-bond acceptors (Lipinski definition) is 4. The van der Waals surface area contributed by atoms with E-state index in [0.29, 0.717) is 17.4 Å². The first-order valence-electron chi connectivity index (χ1n) is 8.63. The van der Waals surface area contributed by atoms with Crippen LogP contribution < -0.4 is 5.32 Å². The van der Waals surface area contributed by atoms with Crippen LogP contribution in [0.4, 0.5) is 0 Å². The van der Waals surface area contributed by atoms with Gasteiger partial charge in [-0.2, -0.15) is 0 Å². The van der Waals surface area contributed by atoms with Gasteiger partial charge < -0.3 is 14.6 Å². The van der Waals surface area contributed by atoms with E-state index in [-0.39, 0.29) is 5.91 Å². The maximum absolute atomic E-state index is 12.8. The summed E-state index contributed by atoms with van der Waals surface area (Å²) in [5, 5.41) is 3.20. The summed E-state index contributed by atoms with van der Waals surface area (Å²) in [5.41, 5.74) is 2.49. The Morgan fingerprint density at radius 3 is 2.67 bits per heavy atom. The average molecular weight is 327 g/mol. The number of aromatic nitrogens is 1. The highest BCUT2D eigenvalue weighted by Gasteiger charge is 2.27. The van der Waals surface area contributed by atoms with Crippen molar-refractivity contribution < 1.29 is 9.21 Å². The molecule has 2 aromatic rings. The highest BCUT2D eigenvalue weighted by atomic mass is 16.3. The minimum absolute atomic E-state index is 0.0219. The predicted molar refractivity (Wildman–Crippen MR) is 93.8 cm³/mol. The second kappa shape index (κ2) is 7.62. The molecule has 5 nitrogen and oxygen atoms in total. The van der Waals surface area contributed by atoms with Gasteiger partial charge in [0.05, 0.1) is 0 Å². The average Bonchev–Trinajstić information content (AvgIpc) is 3.10. The first-order chi connectivity index (χ1) is 11.7. The zero-order chi connectivity index (χ0) is 16.9. The Bertz CT molecular complexity index is 670. The van der Waals surface area contributed by atoms with Crippen molar-refractivity contribution in [3.8, 4) is 11.3 Å². The van der Waals surface area contributed by atoms with Gasteiger partial charge in [0.15, 0.2) is 17.8 Å². The number of benzene rings is 1. The van der Waals surface area contributed by atoms with Crippen LogP contribution >= 0.6 is 0 Å². The van der Waals surface area contributed by atoms with Gasteiger partial charge in [-0.05, 0) is 45.7 Å². The molecule has 0 saturated carbocycles. The fourth-order valence-electron chi connectivity index (χ4n) is 3.23. The molecule has 0 radical (unpaired) electrons. The van der Waals surface area contributed by atoms with Crippen LogP contribution in [0.3, 0.4) is 0 Å². The van der Waals surface area contributed by atoms with Crippen molar-refractivity contribution in [1.82, 2.24) is 15.2 Å². The lowest BCUT2D eigenvalue weighted by Crippen LogP contribution is -2.39. The molecule has 1 fully saturated rings. The molecule has 1 N–H and O–H groups in total. The molecule has 0 atom stereocenters. The number of nitrogens with zero attached hydrogens (tertiary/aromatic N) is 2. The molecule has 0 bridgehead atoms. The first-order valence-corrected chi connectivity index (χ1v) is 8.63. The number of carbonyl (C=O) groups excluding carboxylic acids is 1. The molecule has 0 aliphatic carbocycles. The molecule has 5 heteroatoms. The molecule has 1 aromatic carbocycles. The smallest absolute Gasteiger partial charge is 0.276 e. The summed E-state index contributed by atoms with van der Waals surface area (Å²) >= 11 is 0. The fourth-order valence-corrected chi connectivity index (χ4v) is 3.23. The molecular weight excluding hydrogens is 302 g/mol. The number of piperidine rings is 1. The van der Waals surface area contributed by atoms with Crippen LogP contribution in [0.15, 0.2) is 35.1 Å². The van der Waals surface area contributed by atoms with Crippen LogP contribution in [0.1, 0.15) is 35.3 Å². The second-order valence-electron chi connectivity index (χ2n) is 6.52. The van der Waals surface area contributed by atoms with E-state index in [1.54, 1.807) is 0 Å². The van der Waals surface area contributed by atoms with E-state index in [9.17, 15) is 4.79 Å². The highest BCUT2D eigenvalue weighted by molar-refractivity contribution is 5.97. The van der Waals surface area contributed by atoms with Crippen LogP contribution in [0.5, 0.6) is 0 Å². The topological polar surface area (TPSA) is 58.4 Å². The third kappa shape index (κ3) is 3.67. The quantitative estimate of drug-likeness (QED) is 0.917. The van der Waals surface area contributed by atoms with E-state index in [1.807, 2.05) is 43.1 Å². The SMILES string of the molecule is CNCCC1CCN(C(=O)c2ncoc2-c2ccc(C)cc2)CC1. The van der Waals surface area contributed by atoms with Crippen molar-refractivity contribution in [2.24, 2.45) is 5.92 Å². The molecule has 24 heavy (non-hydrogen) atoms. The van der Waals surface area contributed by atoms with E-state index >= 15 is 0 Å². The van der Waals surface area contributed by atoms with Gasteiger partial charge in [0.1, 0.15) is 0 Å². The van der Waals surface area contributed by atoms with Crippen molar-refractivity contribution >= 4 is 5.91 Å². The third-order valence-electron chi connectivity index (χ3n) is 4.79. The zero-order valence-corrected chi connectivity index (χ0v) is 14.4. The number of hydrogen-bond donors (Lipinski definition) is 1. The van der Waals surface area contributed by atoms with Crippen molar-refractivity contribution in [2.45, 2.75) is 26.2 Å². The molecular formula is C19H25N3O2. The lowest BCUT2D eigenvalue weighted by Gasteiger charge is -2.31. The van der Waals surface area contributed by atoms with Crippen LogP contribution in [-0.4, -0.2) is 42.5 Å². The van der Waals surface area contributed by atoms with Crippen molar-refractivity contribution in [1.29, 1.82) is 0 Å². The molecule has 0 spiro atoms. The lowest BCUT2D eigenvalue weighted by molar-refractivity contribution is 0.0682. The normalized spacial score (nSPS) is 15.7. The number of nitrogens with one attached hydrogen (secondary N) is 1. The van der Waals surface area contributed by atoms with Crippen LogP contribution in [0.25, 0.3) is 11.3 Å². The number of amides is 1. The Labute approximate surface area is 143 Å². The Balaban J connectivity index is 1.69. The maximum atomic E-state index is 12.8. The van der Waals surface area contributed by atoms with Crippen molar-refractivity contribution in [2.75, 3.05) is 26.7 Å². The Morgan fingerprint density at radius 2 is 2.00 bits per heavy atom. The predicted octanol–water partition coefficient (Wildman–Crippen LogP) is 3.11. The Kier molecular flexibility index (Phi) is 5.30. The number of aryl methyl sites for hydroxylation is 1. The summed E-state index contributed by atoms with van der Waals surface area (Å²) in [5.74, 6) is 1.25. The van der Waals surface area contributed by atoms with Crippen molar-refractivity contribution in [3.63, 3.8) is 0 Å². The van der Waals surface area contributed by atoms with Gasteiger partial charge in [-0.25, -0.2) is 4.98 Å². The number of rotatable bonds is 5. The fraction of sp³-hybridized carbons (Fsp3) is 0.474. The van der Waals surface area contributed by atoms with Crippen LogP contribution in [0.2, 0.25) is 0 Å². The van der Waals surface area contributed by atoms with Gasteiger partial charge in [0, 0.05) is 18.7 Å². The lowest BCUT2D eigenvalue weighted by atomic mass is 9.93. The largest absolute Gasteiger partial charge is 0.443 e. The minimum Gasteiger partial charge on any atom is -0.443 e. The summed E-state index contributed by atoms with van der Waals surface area (Å²) in [6.45, 7) is 4.68. The molecule has 1 amide bonds. The van der Waals surface area contributed by atoms with Gasteiger partial charge in [-0.3, -0.25) is 4.79 Å².